The smallest absolute Gasteiger partial charge is 0.192 e. The van der Waals surface area contributed by atoms with Crippen molar-refractivity contribution in [2.75, 3.05) is 0 Å². The molecule has 2 nitrogen and oxygen atoms in total. The quantitative estimate of drug-likeness (QED) is 0.764. The van der Waals surface area contributed by atoms with E-state index in [1.54, 1.807) is 0 Å². The van der Waals surface area contributed by atoms with Gasteiger partial charge in [-0.15, -0.1) is 0 Å². The van der Waals surface area contributed by atoms with E-state index < -0.39 is 0 Å². The summed E-state index contributed by atoms with van der Waals surface area (Å²) in [6, 6.07) is 8.02. The first-order chi connectivity index (χ1) is 6.83. The highest BCUT2D eigenvalue weighted by Crippen LogP contribution is 2.28. The van der Waals surface area contributed by atoms with Crippen molar-refractivity contribution < 1.29 is 5.11 Å². The molecule has 0 spiro atoms. The van der Waals surface area contributed by atoms with Gasteiger partial charge in [-0.05, 0) is 18.9 Å². The van der Waals surface area contributed by atoms with E-state index in [2.05, 4.69) is 18.0 Å². The van der Waals surface area contributed by atoms with Crippen molar-refractivity contribution in [1.29, 1.82) is 0 Å². The van der Waals surface area contributed by atoms with Gasteiger partial charge in [0.15, 0.2) is 5.88 Å². The maximum absolute atomic E-state index is 9.71. The van der Waals surface area contributed by atoms with Gasteiger partial charge in [0.1, 0.15) is 0 Å². The van der Waals surface area contributed by atoms with Crippen LogP contribution in [-0.4, -0.2) is 10.1 Å². The lowest BCUT2D eigenvalue weighted by Crippen LogP contribution is -1.82. The fourth-order valence-electron chi connectivity index (χ4n) is 1.79. The maximum atomic E-state index is 9.71. The molecule has 74 valence electrons. The molecule has 0 atom stereocenters. The van der Waals surface area contributed by atoms with Crippen LogP contribution in [0.15, 0.2) is 24.3 Å². The first-order valence-corrected chi connectivity index (χ1v) is 5.11. The SMILES string of the molecule is CCCCc1c(O)[nH]c2ccccc12. The molecule has 0 fully saturated rings. The number of nitrogens with one attached hydrogen (secondary N) is 1. The van der Waals surface area contributed by atoms with E-state index in [1.165, 1.54) is 0 Å². The lowest BCUT2D eigenvalue weighted by atomic mass is 10.1. The Labute approximate surface area is 83.6 Å². The van der Waals surface area contributed by atoms with Crippen molar-refractivity contribution in [3.63, 3.8) is 0 Å². The third-order valence-electron chi connectivity index (χ3n) is 2.57. The molecule has 0 unspecified atom stereocenters. The molecule has 0 aliphatic heterocycles. The molecule has 2 N–H and O–H groups in total. The number of aromatic nitrogens is 1. The van der Waals surface area contributed by atoms with Crippen molar-refractivity contribution in [2.24, 2.45) is 0 Å². The van der Waals surface area contributed by atoms with Gasteiger partial charge in [-0.25, -0.2) is 0 Å². The Morgan fingerprint density at radius 1 is 1.29 bits per heavy atom. The number of para-hydroxylation sites is 1. The first-order valence-electron chi connectivity index (χ1n) is 5.11. The van der Waals surface area contributed by atoms with Gasteiger partial charge in [-0.3, -0.25) is 0 Å². The fraction of sp³-hybridized carbons (Fsp3) is 0.333. The van der Waals surface area contributed by atoms with Gasteiger partial charge in [-0.2, -0.15) is 0 Å². The number of aromatic hydroxyl groups is 1. The Balaban J connectivity index is 2.45. The Morgan fingerprint density at radius 2 is 2.07 bits per heavy atom. The molecule has 0 radical (unpaired) electrons. The molecule has 2 aromatic rings. The zero-order valence-corrected chi connectivity index (χ0v) is 8.38. The highest BCUT2D eigenvalue weighted by atomic mass is 16.3. The topological polar surface area (TPSA) is 36.0 Å². The van der Waals surface area contributed by atoms with Crippen molar-refractivity contribution >= 4 is 10.9 Å². The number of benzene rings is 1. The predicted molar refractivity (Wildman–Crippen MR) is 58.6 cm³/mol. The average molecular weight is 189 g/mol. The average Bonchev–Trinajstić information content (AvgIpc) is 2.51. The summed E-state index contributed by atoms with van der Waals surface area (Å²) in [7, 11) is 0. The molecule has 0 saturated heterocycles. The van der Waals surface area contributed by atoms with Crippen LogP contribution >= 0.6 is 0 Å². The highest BCUT2D eigenvalue weighted by molar-refractivity contribution is 5.85. The molecule has 0 aliphatic rings. The van der Waals surface area contributed by atoms with Gasteiger partial charge in [0.05, 0.1) is 0 Å². The van der Waals surface area contributed by atoms with Crippen molar-refractivity contribution in [3.05, 3.63) is 29.8 Å². The second-order valence-corrected chi connectivity index (χ2v) is 3.60. The monoisotopic (exact) mass is 189 g/mol. The molecule has 1 aromatic heterocycles. The Morgan fingerprint density at radius 3 is 2.86 bits per heavy atom. The van der Waals surface area contributed by atoms with E-state index in [-0.39, 0.29) is 0 Å². The molecular formula is C12H15NO. The molecule has 1 aromatic carbocycles. The molecular weight excluding hydrogens is 174 g/mol. The molecule has 2 heteroatoms. The molecule has 0 saturated carbocycles. The Kier molecular flexibility index (Phi) is 2.44. The van der Waals surface area contributed by atoms with Crippen LogP contribution in [0.1, 0.15) is 25.3 Å². The van der Waals surface area contributed by atoms with E-state index in [1.807, 2.05) is 18.2 Å². The molecule has 0 amide bonds. The molecule has 0 bridgehead atoms. The van der Waals surface area contributed by atoms with Crippen LogP contribution in [0.25, 0.3) is 10.9 Å². The Bertz CT molecular complexity index is 431. The van der Waals surface area contributed by atoms with Crippen LogP contribution in [0.3, 0.4) is 0 Å². The minimum Gasteiger partial charge on any atom is -0.494 e. The van der Waals surface area contributed by atoms with Gasteiger partial charge in [0.25, 0.3) is 0 Å². The summed E-state index contributed by atoms with van der Waals surface area (Å²) in [5.74, 6) is 0.333. The summed E-state index contributed by atoms with van der Waals surface area (Å²) in [4.78, 5) is 2.99. The number of hydrogen-bond acceptors (Lipinski definition) is 1. The van der Waals surface area contributed by atoms with E-state index >= 15 is 0 Å². The summed E-state index contributed by atoms with van der Waals surface area (Å²) < 4.78 is 0. The molecule has 2 rings (SSSR count). The van der Waals surface area contributed by atoms with Gasteiger partial charge in [0, 0.05) is 16.5 Å². The number of unbranched alkanes of at least 4 members (excludes halogenated alkanes) is 1. The van der Waals surface area contributed by atoms with E-state index in [0.29, 0.717) is 5.88 Å². The van der Waals surface area contributed by atoms with Gasteiger partial charge in [0.2, 0.25) is 0 Å². The zero-order valence-electron chi connectivity index (χ0n) is 8.38. The van der Waals surface area contributed by atoms with Crippen molar-refractivity contribution in [1.82, 2.24) is 4.98 Å². The third kappa shape index (κ3) is 1.48. The van der Waals surface area contributed by atoms with Gasteiger partial charge in [-0.1, -0.05) is 31.5 Å². The van der Waals surface area contributed by atoms with E-state index in [4.69, 9.17) is 0 Å². The summed E-state index contributed by atoms with van der Waals surface area (Å²) in [5.41, 5.74) is 2.08. The zero-order chi connectivity index (χ0) is 9.97. The van der Waals surface area contributed by atoms with Crippen LogP contribution in [0, 0.1) is 0 Å². The number of hydrogen-bond donors (Lipinski definition) is 2. The summed E-state index contributed by atoms with van der Waals surface area (Å²) in [6.07, 6.45) is 3.22. The number of fused-ring (bicyclic) bond motifs is 1. The number of aryl methyl sites for hydroxylation is 1. The van der Waals surface area contributed by atoms with Crippen LogP contribution in [0.4, 0.5) is 0 Å². The van der Waals surface area contributed by atoms with E-state index in [9.17, 15) is 5.11 Å². The third-order valence-corrected chi connectivity index (χ3v) is 2.57. The van der Waals surface area contributed by atoms with Crippen LogP contribution < -0.4 is 0 Å². The summed E-state index contributed by atoms with van der Waals surface area (Å²) >= 11 is 0. The minimum absolute atomic E-state index is 0.333. The summed E-state index contributed by atoms with van der Waals surface area (Å²) in [5, 5.41) is 10.9. The van der Waals surface area contributed by atoms with Crippen molar-refractivity contribution in [3.8, 4) is 5.88 Å². The van der Waals surface area contributed by atoms with Crippen LogP contribution in [-0.2, 0) is 6.42 Å². The molecule has 0 aliphatic carbocycles. The minimum atomic E-state index is 0.333. The number of H-pyrrole nitrogens is 1. The first kappa shape index (κ1) is 9.13. The fourth-order valence-corrected chi connectivity index (χ4v) is 1.79. The lowest BCUT2D eigenvalue weighted by Gasteiger charge is -1.97. The largest absolute Gasteiger partial charge is 0.494 e. The normalized spacial score (nSPS) is 10.9. The highest BCUT2D eigenvalue weighted by Gasteiger charge is 2.08. The number of rotatable bonds is 3. The maximum Gasteiger partial charge on any atom is 0.192 e. The van der Waals surface area contributed by atoms with E-state index in [0.717, 1.165) is 35.7 Å². The second kappa shape index (κ2) is 3.74. The predicted octanol–water partition coefficient (Wildman–Crippen LogP) is 3.22. The Hall–Kier alpha value is -1.44. The molecule has 1 heterocycles. The van der Waals surface area contributed by atoms with Gasteiger partial charge >= 0.3 is 0 Å². The lowest BCUT2D eigenvalue weighted by molar-refractivity contribution is 0.451. The standard InChI is InChI=1S/C12H15NO/c1-2-3-6-10-9-7-4-5-8-11(9)13-12(10)14/h4-5,7-8,13-14H,2-3,6H2,1H3. The van der Waals surface area contributed by atoms with Crippen LogP contribution in [0.5, 0.6) is 5.88 Å². The van der Waals surface area contributed by atoms with Gasteiger partial charge < -0.3 is 10.1 Å². The number of aromatic amines is 1. The van der Waals surface area contributed by atoms with Crippen LogP contribution in [0.2, 0.25) is 0 Å². The summed E-state index contributed by atoms with van der Waals surface area (Å²) in [6.45, 7) is 2.16. The molecule has 14 heavy (non-hydrogen) atoms. The van der Waals surface area contributed by atoms with Crippen molar-refractivity contribution in [2.45, 2.75) is 26.2 Å². The second-order valence-electron chi connectivity index (χ2n) is 3.60.